The number of nitrogens with zero attached hydrogens (tertiary/aromatic N) is 2. The van der Waals surface area contributed by atoms with Crippen LogP contribution in [-0.4, -0.2) is 51.9 Å². The number of nitrogens with one attached hydrogen (secondary N) is 1. The van der Waals surface area contributed by atoms with Gasteiger partial charge in [-0.15, -0.1) is 11.3 Å². The van der Waals surface area contributed by atoms with Crippen LogP contribution in [0.1, 0.15) is 65.2 Å². The lowest BCUT2D eigenvalue weighted by Gasteiger charge is -2.33. The molecule has 1 aliphatic heterocycles. The first-order valence-electron chi connectivity index (χ1n) is 8.43. The minimum Gasteiger partial charge on any atom is -0.481 e. The van der Waals surface area contributed by atoms with Gasteiger partial charge >= 0.3 is 5.97 Å². The molecule has 25 heavy (non-hydrogen) atoms. The number of aliphatic carboxylic acids is 1. The highest BCUT2D eigenvalue weighted by atomic mass is 32.1. The van der Waals surface area contributed by atoms with Gasteiger partial charge in [-0.25, -0.2) is 4.98 Å². The first-order valence-corrected chi connectivity index (χ1v) is 9.25. The number of hydrogen-bond acceptors (Lipinski definition) is 5. The van der Waals surface area contributed by atoms with Crippen molar-refractivity contribution in [3.8, 4) is 0 Å². The molecule has 2 amide bonds. The van der Waals surface area contributed by atoms with E-state index in [9.17, 15) is 14.4 Å². The highest BCUT2D eigenvalue weighted by Gasteiger charge is 2.30. The Morgan fingerprint density at radius 1 is 1.36 bits per heavy atom. The molecule has 1 saturated heterocycles. The first-order chi connectivity index (χ1) is 11.6. The summed E-state index contributed by atoms with van der Waals surface area (Å²) in [4.78, 5) is 42.9. The fraction of sp³-hybridized carbons (Fsp3) is 0.647. The number of rotatable bonds is 5. The second kappa shape index (κ2) is 7.51. The zero-order valence-electron chi connectivity index (χ0n) is 15.1. The van der Waals surface area contributed by atoms with Gasteiger partial charge in [-0.05, 0) is 47.0 Å². The fourth-order valence-electron chi connectivity index (χ4n) is 2.68. The van der Waals surface area contributed by atoms with Crippen molar-refractivity contribution in [1.82, 2.24) is 15.2 Å². The number of aryl methyl sites for hydroxylation is 1. The van der Waals surface area contributed by atoms with E-state index in [1.807, 2.05) is 11.8 Å². The van der Waals surface area contributed by atoms with Gasteiger partial charge in [0.05, 0.1) is 5.41 Å². The first kappa shape index (κ1) is 19.4. The predicted octanol–water partition coefficient (Wildman–Crippen LogP) is 2.31. The zero-order valence-corrected chi connectivity index (χ0v) is 15.9. The van der Waals surface area contributed by atoms with Crippen molar-refractivity contribution < 1.29 is 19.5 Å². The predicted molar refractivity (Wildman–Crippen MR) is 95.0 cm³/mol. The molecule has 1 aliphatic rings. The normalized spacial score (nSPS) is 18.1. The van der Waals surface area contributed by atoms with Gasteiger partial charge in [0.15, 0.2) is 5.01 Å². The summed E-state index contributed by atoms with van der Waals surface area (Å²) in [5.41, 5.74) is -0.745. The molecule has 1 aromatic heterocycles. The van der Waals surface area contributed by atoms with Crippen molar-refractivity contribution >= 4 is 29.1 Å². The van der Waals surface area contributed by atoms with Crippen molar-refractivity contribution in [1.29, 1.82) is 0 Å². The zero-order chi connectivity index (χ0) is 18.8. The number of aromatic nitrogens is 1. The minimum atomic E-state index is -1.07. The van der Waals surface area contributed by atoms with E-state index in [4.69, 9.17) is 5.11 Å². The Morgan fingerprint density at radius 3 is 2.64 bits per heavy atom. The number of carboxylic acid groups (broad SMARTS) is 1. The molecule has 0 bridgehead atoms. The lowest BCUT2D eigenvalue weighted by Crippen LogP contribution is -2.42. The number of carbonyl (C=O) groups excluding carboxylic acids is 2. The number of piperidine rings is 1. The summed E-state index contributed by atoms with van der Waals surface area (Å²) in [6, 6.07) is 0.177. The van der Waals surface area contributed by atoms with E-state index in [-0.39, 0.29) is 23.5 Å². The summed E-state index contributed by atoms with van der Waals surface area (Å²) < 4.78 is 0. The molecule has 0 aromatic carbocycles. The lowest BCUT2D eigenvalue weighted by molar-refractivity contribution is -0.146. The Labute approximate surface area is 151 Å². The molecular weight excluding hydrogens is 342 g/mol. The van der Waals surface area contributed by atoms with Crippen molar-refractivity contribution in [3.63, 3.8) is 0 Å². The number of likely N-dealkylation sites (tertiary alicyclic amines) is 1. The maximum atomic E-state index is 12.7. The lowest BCUT2D eigenvalue weighted by atomic mass is 9.94. The number of carboxylic acids is 1. The fourth-order valence-corrected chi connectivity index (χ4v) is 3.50. The number of carbonyl (C=O) groups is 3. The van der Waals surface area contributed by atoms with Crippen LogP contribution in [0, 0.1) is 12.3 Å². The van der Waals surface area contributed by atoms with Crippen LogP contribution < -0.4 is 5.32 Å². The van der Waals surface area contributed by atoms with Gasteiger partial charge in [0.25, 0.3) is 11.8 Å². The second-order valence-electron chi connectivity index (χ2n) is 7.14. The van der Waals surface area contributed by atoms with Crippen LogP contribution in [0.15, 0.2) is 0 Å². The maximum Gasteiger partial charge on any atom is 0.310 e. The largest absolute Gasteiger partial charge is 0.481 e. The molecule has 1 aromatic rings. The van der Waals surface area contributed by atoms with Crippen LogP contribution in [-0.2, 0) is 4.79 Å². The van der Waals surface area contributed by atoms with Gasteiger partial charge in [-0.3, -0.25) is 14.4 Å². The van der Waals surface area contributed by atoms with Gasteiger partial charge in [0.2, 0.25) is 0 Å². The molecule has 7 nitrogen and oxygen atoms in total. The molecule has 0 saturated carbocycles. The Morgan fingerprint density at radius 2 is 2.04 bits per heavy atom. The number of thiazole rings is 1. The third-order valence-corrected chi connectivity index (χ3v) is 5.50. The van der Waals surface area contributed by atoms with Crippen LogP contribution in [0.5, 0.6) is 0 Å². The molecular formula is C17H25N3O4S. The van der Waals surface area contributed by atoms with Crippen LogP contribution >= 0.6 is 11.3 Å². The molecule has 138 valence electrons. The summed E-state index contributed by atoms with van der Waals surface area (Å²) >= 11 is 1.16. The highest BCUT2D eigenvalue weighted by molar-refractivity contribution is 7.13. The van der Waals surface area contributed by atoms with E-state index in [1.54, 1.807) is 6.92 Å². The number of hydrogen-bond donors (Lipinski definition) is 2. The van der Waals surface area contributed by atoms with Gasteiger partial charge in [0.1, 0.15) is 5.69 Å². The van der Waals surface area contributed by atoms with Crippen molar-refractivity contribution in [2.24, 2.45) is 5.41 Å². The van der Waals surface area contributed by atoms with E-state index in [2.05, 4.69) is 10.3 Å². The van der Waals surface area contributed by atoms with Crippen LogP contribution in [0.25, 0.3) is 0 Å². The molecule has 2 heterocycles. The van der Waals surface area contributed by atoms with Crippen LogP contribution in [0.3, 0.4) is 0 Å². The molecule has 0 aliphatic carbocycles. The summed E-state index contributed by atoms with van der Waals surface area (Å²) in [5.74, 6) is -1.57. The third-order valence-electron chi connectivity index (χ3n) is 4.53. The molecule has 2 N–H and O–H groups in total. The van der Waals surface area contributed by atoms with E-state index >= 15 is 0 Å². The van der Waals surface area contributed by atoms with Crippen molar-refractivity contribution in [3.05, 3.63) is 15.6 Å². The molecule has 1 unspecified atom stereocenters. The maximum absolute atomic E-state index is 12.7. The van der Waals surface area contributed by atoms with E-state index < -0.39 is 17.3 Å². The average molecular weight is 367 g/mol. The average Bonchev–Trinajstić information content (AvgIpc) is 2.94. The minimum absolute atomic E-state index is 0.00771. The van der Waals surface area contributed by atoms with Gasteiger partial charge in [-0.2, -0.15) is 0 Å². The second-order valence-corrected chi connectivity index (χ2v) is 8.34. The van der Waals surface area contributed by atoms with Crippen LogP contribution in [0.2, 0.25) is 0 Å². The standard InChI is InChI=1S/C17H25N3O4S/c1-10-7-5-6-8-20(10)15(22)12-11(2)25-14(19-12)13(21)18-9-17(3,4)16(23)24/h10H,5-9H2,1-4H3,(H,18,21)(H,23,24). The number of amides is 2. The van der Waals surface area contributed by atoms with E-state index in [0.29, 0.717) is 17.1 Å². The summed E-state index contributed by atoms with van der Waals surface area (Å²) in [7, 11) is 0. The van der Waals surface area contributed by atoms with E-state index in [0.717, 1.165) is 30.6 Å². The molecule has 0 radical (unpaired) electrons. The van der Waals surface area contributed by atoms with E-state index in [1.165, 1.54) is 13.8 Å². The third kappa shape index (κ3) is 4.36. The van der Waals surface area contributed by atoms with Crippen molar-refractivity contribution in [2.75, 3.05) is 13.1 Å². The summed E-state index contributed by atoms with van der Waals surface area (Å²) in [5, 5.41) is 11.9. The van der Waals surface area contributed by atoms with Crippen LogP contribution in [0.4, 0.5) is 0 Å². The molecule has 8 heteroatoms. The molecule has 1 atom stereocenters. The summed E-state index contributed by atoms with van der Waals surface area (Å²) in [6.45, 7) is 7.58. The Bertz CT molecular complexity index is 683. The Balaban J connectivity index is 2.10. The molecule has 1 fully saturated rings. The molecule has 2 rings (SSSR count). The monoisotopic (exact) mass is 367 g/mol. The van der Waals surface area contributed by atoms with Crippen molar-refractivity contribution in [2.45, 2.75) is 53.0 Å². The molecule has 0 spiro atoms. The van der Waals surface area contributed by atoms with Gasteiger partial charge in [-0.1, -0.05) is 0 Å². The SMILES string of the molecule is Cc1sc(C(=O)NCC(C)(C)C(=O)O)nc1C(=O)N1CCCCC1C. The highest BCUT2D eigenvalue weighted by Crippen LogP contribution is 2.24. The van der Waals surface area contributed by atoms with Gasteiger partial charge < -0.3 is 15.3 Å². The summed E-state index contributed by atoms with van der Waals surface area (Å²) in [6.07, 6.45) is 3.08. The quantitative estimate of drug-likeness (QED) is 0.832. The topological polar surface area (TPSA) is 99.6 Å². The van der Waals surface area contributed by atoms with Gasteiger partial charge in [0, 0.05) is 24.0 Å². The Kier molecular flexibility index (Phi) is 5.82. The smallest absolute Gasteiger partial charge is 0.310 e. The Hall–Kier alpha value is -1.96.